The Hall–Kier alpha value is -4.14. The van der Waals surface area contributed by atoms with E-state index < -0.39 is 30.1 Å². The molecule has 1 aliphatic carbocycles. The van der Waals surface area contributed by atoms with Crippen LogP contribution in [0, 0.1) is 0 Å². The molecule has 0 bridgehead atoms. The summed E-state index contributed by atoms with van der Waals surface area (Å²) >= 11 is 0. The number of fused-ring (bicyclic) bond motifs is 4. The van der Waals surface area contributed by atoms with Gasteiger partial charge in [0.15, 0.2) is 0 Å². The molecule has 0 saturated heterocycles. The molecular formula is C26H26N4O5. The molecule has 3 N–H and O–H groups in total. The van der Waals surface area contributed by atoms with Crippen molar-refractivity contribution in [3.8, 4) is 11.1 Å². The van der Waals surface area contributed by atoms with Crippen molar-refractivity contribution in [2.24, 2.45) is 0 Å². The summed E-state index contributed by atoms with van der Waals surface area (Å²) in [4.78, 5) is 46.2. The van der Waals surface area contributed by atoms with Crippen molar-refractivity contribution >= 4 is 18.0 Å². The van der Waals surface area contributed by atoms with E-state index in [0.717, 1.165) is 22.3 Å². The smallest absolute Gasteiger partial charge is 0.407 e. The average molecular weight is 475 g/mol. The minimum atomic E-state index is -1.11. The van der Waals surface area contributed by atoms with Gasteiger partial charge < -0.3 is 25.0 Å². The van der Waals surface area contributed by atoms with Gasteiger partial charge in [0.1, 0.15) is 18.7 Å². The zero-order chi connectivity index (χ0) is 24.5. The molecule has 9 nitrogen and oxygen atoms in total. The number of hydrogen-bond donors (Lipinski definition) is 3. The summed E-state index contributed by atoms with van der Waals surface area (Å²) in [6.07, 6.45) is 1.19. The maximum atomic E-state index is 13.3. The third kappa shape index (κ3) is 4.14. The Balaban J connectivity index is 1.26. The Morgan fingerprint density at radius 2 is 1.80 bits per heavy atom. The number of aromatic amines is 1. The van der Waals surface area contributed by atoms with Gasteiger partial charge in [0, 0.05) is 12.3 Å². The van der Waals surface area contributed by atoms with Gasteiger partial charge in [-0.05, 0) is 28.7 Å². The second kappa shape index (κ2) is 9.25. The van der Waals surface area contributed by atoms with Crippen LogP contribution < -0.4 is 5.32 Å². The Bertz CT molecular complexity index is 1240. The third-order valence-electron chi connectivity index (χ3n) is 6.81. The van der Waals surface area contributed by atoms with Gasteiger partial charge in [0.2, 0.25) is 5.91 Å². The molecule has 35 heavy (non-hydrogen) atoms. The van der Waals surface area contributed by atoms with E-state index in [1.54, 1.807) is 6.92 Å². The van der Waals surface area contributed by atoms with Gasteiger partial charge in [-0.2, -0.15) is 0 Å². The second-order valence-corrected chi connectivity index (χ2v) is 8.78. The number of imidazole rings is 1. The van der Waals surface area contributed by atoms with Crippen molar-refractivity contribution in [3.63, 3.8) is 0 Å². The molecular weight excluding hydrogens is 448 g/mol. The van der Waals surface area contributed by atoms with E-state index >= 15 is 0 Å². The van der Waals surface area contributed by atoms with Crippen LogP contribution in [-0.4, -0.2) is 56.6 Å². The molecule has 1 aromatic heterocycles. The minimum Gasteiger partial charge on any atom is -0.480 e. The first kappa shape index (κ1) is 22.6. The minimum absolute atomic E-state index is 0.0913. The summed E-state index contributed by atoms with van der Waals surface area (Å²) in [5.74, 6) is -1.67. The molecule has 2 aliphatic rings. The summed E-state index contributed by atoms with van der Waals surface area (Å²) in [6, 6.07) is 14.1. The van der Waals surface area contributed by atoms with E-state index in [1.165, 1.54) is 11.2 Å². The number of carbonyl (C=O) groups excluding carboxylic acids is 2. The molecule has 2 atom stereocenters. The summed E-state index contributed by atoms with van der Waals surface area (Å²) < 4.78 is 5.57. The van der Waals surface area contributed by atoms with Crippen molar-refractivity contribution in [1.82, 2.24) is 20.2 Å². The van der Waals surface area contributed by atoms with Gasteiger partial charge in [-0.3, -0.25) is 4.79 Å². The number of amides is 2. The number of carbonyl (C=O) groups is 3. The molecule has 3 aromatic rings. The molecule has 9 heteroatoms. The second-order valence-electron chi connectivity index (χ2n) is 8.78. The fraction of sp³-hybridized carbons (Fsp3) is 0.308. The quantitative estimate of drug-likeness (QED) is 0.504. The number of nitrogens with zero attached hydrogens (tertiary/aromatic N) is 2. The maximum Gasteiger partial charge on any atom is 0.407 e. The predicted octanol–water partition coefficient (Wildman–Crippen LogP) is 3.06. The summed E-state index contributed by atoms with van der Waals surface area (Å²) in [6.45, 7) is 1.98. The fourth-order valence-electron chi connectivity index (χ4n) is 5.01. The molecule has 0 spiro atoms. The molecule has 2 aromatic carbocycles. The molecule has 2 amide bonds. The Kier molecular flexibility index (Phi) is 5.98. The van der Waals surface area contributed by atoms with Gasteiger partial charge in [0.05, 0.1) is 24.3 Å². The van der Waals surface area contributed by atoms with E-state index in [2.05, 4.69) is 27.4 Å². The Morgan fingerprint density at radius 1 is 1.14 bits per heavy atom. The number of H-pyrrole nitrogens is 1. The monoisotopic (exact) mass is 474 g/mol. The average Bonchev–Trinajstić information content (AvgIpc) is 3.46. The SMILES string of the molecule is CCC(NC(=O)OCC1c2ccccc2-c2ccccc21)C(=O)N1Cc2[nH]cnc2CC1C(=O)O. The number of carboxylic acid groups (broad SMARTS) is 1. The van der Waals surface area contributed by atoms with Crippen molar-refractivity contribution in [2.75, 3.05) is 6.61 Å². The molecule has 2 heterocycles. The number of rotatable bonds is 6. The number of benzene rings is 2. The van der Waals surface area contributed by atoms with Crippen molar-refractivity contribution in [2.45, 2.75) is 44.3 Å². The lowest BCUT2D eigenvalue weighted by Gasteiger charge is -2.34. The zero-order valence-electron chi connectivity index (χ0n) is 19.2. The number of ether oxygens (including phenoxy) is 1. The summed E-state index contributed by atoms with van der Waals surface area (Å²) in [7, 11) is 0. The van der Waals surface area contributed by atoms with Crippen LogP contribution in [0.2, 0.25) is 0 Å². The normalized spacial score (nSPS) is 17.2. The van der Waals surface area contributed by atoms with E-state index in [4.69, 9.17) is 4.74 Å². The van der Waals surface area contributed by atoms with Gasteiger partial charge in [-0.15, -0.1) is 0 Å². The first-order valence-electron chi connectivity index (χ1n) is 11.6. The van der Waals surface area contributed by atoms with E-state index in [9.17, 15) is 19.5 Å². The van der Waals surface area contributed by atoms with Gasteiger partial charge in [-0.25, -0.2) is 14.6 Å². The summed E-state index contributed by atoms with van der Waals surface area (Å²) in [5.41, 5.74) is 5.78. The highest BCUT2D eigenvalue weighted by molar-refractivity contribution is 5.89. The molecule has 5 rings (SSSR count). The Labute approximate surface area is 202 Å². The fourth-order valence-corrected chi connectivity index (χ4v) is 5.01. The molecule has 2 unspecified atom stereocenters. The van der Waals surface area contributed by atoms with Crippen LogP contribution in [0.4, 0.5) is 4.79 Å². The molecule has 1 aliphatic heterocycles. The highest BCUT2D eigenvalue weighted by Gasteiger charge is 2.39. The first-order chi connectivity index (χ1) is 17.0. The van der Waals surface area contributed by atoms with Crippen LogP contribution in [0.25, 0.3) is 11.1 Å². The molecule has 180 valence electrons. The van der Waals surface area contributed by atoms with Crippen LogP contribution in [0.3, 0.4) is 0 Å². The van der Waals surface area contributed by atoms with Crippen LogP contribution in [0.5, 0.6) is 0 Å². The number of carboxylic acids is 1. The standard InChI is InChI=1S/C26H26N4O5/c1-2-20(24(31)30-12-22-21(27-14-28-22)11-23(30)25(32)33)29-26(34)35-13-19-17-9-5-3-7-15(17)16-8-4-6-10-18(16)19/h3-10,14,19-20,23H,2,11-13H2,1H3,(H,27,28)(H,29,34)(H,32,33). The number of aliphatic carboxylic acids is 1. The van der Waals surface area contributed by atoms with Gasteiger partial charge >= 0.3 is 12.1 Å². The predicted molar refractivity (Wildman–Crippen MR) is 127 cm³/mol. The molecule has 0 radical (unpaired) electrons. The van der Waals surface area contributed by atoms with Crippen molar-refractivity contribution in [3.05, 3.63) is 77.4 Å². The van der Waals surface area contributed by atoms with Crippen LogP contribution >= 0.6 is 0 Å². The topological polar surface area (TPSA) is 125 Å². The van der Waals surface area contributed by atoms with Crippen LogP contribution in [-0.2, 0) is 27.3 Å². The van der Waals surface area contributed by atoms with Crippen molar-refractivity contribution < 1.29 is 24.2 Å². The highest BCUT2D eigenvalue weighted by Crippen LogP contribution is 2.44. The number of hydrogen-bond acceptors (Lipinski definition) is 5. The lowest BCUT2D eigenvalue weighted by molar-refractivity contribution is -0.152. The number of nitrogens with one attached hydrogen (secondary N) is 2. The largest absolute Gasteiger partial charge is 0.480 e. The molecule has 0 saturated carbocycles. The van der Waals surface area contributed by atoms with E-state index in [1.807, 2.05) is 36.4 Å². The molecule has 0 fully saturated rings. The number of aromatic nitrogens is 2. The van der Waals surface area contributed by atoms with Crippen molar-refractivity contribution in [1.29, 1.82) is 0 Å². The summed E-state index contributed by atoms with van der Waals surface area (Å²) in [5, 5.41) is 12.3. The van der Waals surface area contributed by atoms with E-state index in [-0.39, 0.29) is 25.5 Å². The lowest BCUT2D eigenvalue weighted by Crippen LogP contribution is -2.55. The van der Waals surface area contributed by atoms with Crippen LogP contribution in [0.1, 0.15) is 41.8 Å². The van der Waals surface area contributed by atoms with E-state index in [0.29, 0.717) is 17.8 Å². The third-order valence-corrected chi connectivity index (χ3v) is 6.81. The first-order valence-corrected chi connectivity index (χ1v) is 11.6. The van der Waals surface area contributed by atoms with Crippen LogP contribution in [0.15, 0.2) is 54.9 Å². The van der Waals surface area contributed by atoms with Gasteiger partial charge in [0.25, 0.3) is 0 Å². The van der Waals surface area contributed by atoms with Gasteiger partial charge in [-0.1, -0.05) is 55.5 Å². The zero-order valence-corrected chi connectivity index (χ0v) is 19.2. The number of alkyl carbamates (subject to hydrolysis) is 1. The maximum absolute atomic E-state index is 13.3. The highest BCUT2D eigenvalue weighted by atomic mass is 16.5. The lowest BCUT2D eigenvalue weighted by atomic mass is 9.98. The Morgan fingerprint density at radius 3 is 2.43 bits per heavy atom.